The van der Waals surface area contributed by atoms with Gasteiger partial charge in [-0.2, -0.15) is 0 Å². The van der Waals surface area contributed by atoms with E-state index in [1.54, 1.807) is 0 Å². The fraction of sp³-hybridized carbons (Fsp3) is 0.650. The van der Waals surface area contributed by atoms with Crippen LogP contribution in [0.5, 0.6) is 0 Å². The van der Waals surface area contributed by atoms with Gasteiger partial charge >= 0.3 is 5.37 Å². The second kappa shape index (κ2) is 13.4. The van der Waals surface area contributed by atoms with Crippen LogP contribution in [0.4, 0.5) is 4.79 Å². The molecule has 0 aromatic heterocycles. The van der Waals surface area contributed by atoms with Gasteiger partial charge in [0.15, 0.2) is 0 Å². The molecule has 0 aliphatic rings. The summed E-state index contributed by atoms with van der Waals surface area (Å²) in [6, 6.07) is 11.0. The van der Waals surface area contributed by atoms with Crippen LogP contribution in [0, 0.1) is 17.8 Å². The quantitative estimate of drug-likeness (QED) is 0.410. The van der Waals surface area contributed by atoms with Crippen LogP contribution in [0.3, 0.4) is 0 Å². The highest BCUT2D eigenvalue weighted by atomic mass is 35.5. The van der Waals surface area contributed by atoms with Crippen LogP contribution in [-0.2, 0) is 6.42 Å². The third-order valence-corrected chi connectivity index (χ3v) is 4.62. The highest BCUT2D eigenvalue weighted by Gasteiger charge is 2.17. The first kappa shape index (κ1) is 22.0. The highest BCUT2D eigenvalue weighted by molar-refractivity contribution is 6.62. The first-order valence-corrected chi connectivity index (χ1v) is 9.27. The van der Waals surface area contributed by atoms with Gasteiger partial charge in [0.05, 0.1) is 0 Å². The Labute approximate surface area is 147 Å². The van der Waals surface area contributed by atoms with E-state index in [4.69, 9.17) is 4.79 Å². The minimum atomic E-state index is -0.861. The topological polar surface area (TPSA) is 43.1 Å². The zero-order chi connectivity index (χ0) is 17.7. The predicted molar refractivity (Wildman–Crippen MR) is 102 cm³/mol. The lowest BCUT2D eigenvalue weighted by atomic mass is 9.81. The summed E-state index contributed by atoms with van der Waals surface area (Å²) in [6.45, 7) is 9.48. The Balaban J connectivity index is 0.00000108. The molecule has 2 N–H and O–H groups in total. The minimum absolute atomic E-state index is 0.856. The number of halogens is 1. The van der Waals surface area contributed by atoms with Gasteiger partial charge in [-0.3, -0.25) is 4.79 Å². The van der Waals surface area contributed by atoms with E-state index in [1.165, 1.54) is 44.1 Å². The molecule has 23 heavy (non-hydrogen) atoms. The molecule has 0 aliphatic heterocycles. The number of hydrogen-bond acceptors (Lipinski definition) is 1. The second-order valence-electron chi connectivity index (χ2n) is 6.61. The average molecular weight is 340 g/mol. The molecule has 2 unspecified atom stereocenters. The summed E-state index contributed by atoms with van der Waals surface area (Å²) in [6.07, 6.45) is 8.06. The molecule has 0 fully saturated rings. The predicted octanol–water partition coefficient (Wildman–Crippen LogP) is 6.41. The molecule has 0 heterocycles. The number of benzene rings is 1. The van der Waals surface area contributed by atoms with E-state index >= 15 is 0 Å². The van der Waals surface area contributed by atoms with Crippen LogP contribution in [0.15, 0.2) is 30.3 Å². The number of amides is 1. The van der Waals surface area contributed by atoms with E-state index in [1.807, 2.05) is 0 Å². The summed E-state index contributed by atoms with van der Waals surface area (Å²) in [5, 5.41) is -0.861. The summed E-state index contributed by atoms with van der Waals surface area (Å²) in [7, 11) is 0. The van der Waals surface area contributed by atoms with Gasteiger partial charge in [-0.15, -0.1) is 0 Å². The molecule has 0 saturated heterocycles. The molecular weight excluding hydrogens is 306 g/mol. The first-order valence-electron chi connectivity index (χ1n) is 8.89. The van der Waals surface area contributed by atoms with Crippen molar-refractivity contribution in [2.45, 2.75) is 66.2 Å². The van der Waals surface area contributed by atoms with Crippen molar-refractivity contribution in [2.75, 3.05) is 0 Å². The molecule has 3 heteroatoms. The monoisotopic (exact) mass is 339 g/mol. The molecule has 2 nitrogen and oxygen atoms in total. The lowest BCUT2D eigenvalue weighted by molar-refractivity contribution is 0.266. The smallest absolute Gasteiger partial charge is 0.311 e. The maximum atomic E-state index is 8.99. The van der Waals surface area contributed by atoms with Crippen molar-refractivity contribution in [3.63, 3.8) is 0 Å². The van der Waals surface area contributed by atoms with Gasteiger partial charge in [0.1, 0.15) is 0 Å². The van der Waals surface area contributed by atoms with E-state index in [0.717, 1.165) is 17.8 Å². The van der Waals surface area contributed by atoms with E-state index in [-0.39, 0.29) is 0 Å². The average Bonchev–Trinajstić information content (AvgIpc) is 2.52. The first-order chi connectivity index (χ1) is 10.9. The number of hydrogen-bond donors (Lipinski definition) is 1. The Morgan fingerprint density at radius 1 is 1.09 bits per heavy atom. The fourth-order valence-corrected chi connectivity index (χ4v) is 2.86. The van der Waals surface area contributed by atoms with Crippen molar-refractivity contribution >= 4 is 17.0 Å². The van der Waals surface area contributed by atoms with Crippen LogP contribution in [0.1, 0.15) is 65.4 Å². The van der Waals surface area contributed by atoms with Gasteiger partial charge < -0.3 is 5.73 Å². The van der Waals surface area contributed by atoms with E-state index in [0.29, 0.717) is 0 Å². The summed E-state index contributed by atoms with van der Waals surface area (Å²) in [4.78, 5) is 8.99. The van der Waals surface area contributed by atoms with Gasteiger partial charge in [0, 0.05) is 0 Å². The van der Waals surface area contributed by atoms with Crippen molar-refractivity contribution in [3.05, 3.63) is 35.9 Å². The lowest BCUT2D eigenvalue weighted by Crippen LogP contribution is -2.15. The normalized spacial score (nSPS) is 14.3. The molecule has 1 aromatic carbocycles. The van der Waals surface area contributed by atoms with Gasteiger partial charge in [-0.05, 0) is 41.3 Å². The van der Waals surface area contributed by atoms with Crippen LogP contribution in [-0.4, -0.2) is 5.37 Å². The zero-order valence-electron chi connectivity index (χ0n) is 15.2. The summed E-state index contributed by atoms with van der Waals surface area (Å²) in [5.74, 6) is 2.60. The SMILES string of the molecule is CCCC(Cc1ccccc1)C(C)CC[C@@H](C)CC.NC(=O)Cl. The lowest BCUT2D eigenvalue weighted by Gasteiger charge is -2.25. The van der Waals surface area contributed by atoms with Crippen molar-refractivity contribution < 1.29 is 4.79 Å². The number of rotatable bonds is 9. The standard InChI is InChI=1S/C19H32.CH2ClNO/c1-5-10-19(15-18-11-8-7-9-12-18)17(4)14-13-16(3)6-2;2-1(3)4/h7-9,11-12,16-17,19H,5-6,10,13-15H2,1-4H3;(H2,3,4)/t16-,17?,19?;/m0./s1. The van der Waals surface area contributed by atoms with Crippen LogP contribution in [0.25, 0.3) is 0 Å². The number of carbonyl (C=O) groups is 1. The van der Waals surface area contributed by atoms with Gasteiger partial charge in [0.25, 0.3) is 0 Å². The highest BCUT2D eigenvalue weighted by Crippen LogP contribution is 2.27. The maximum Gasteiger partial charge on any atom is 0.311 e. The molecule has 3 atom stereocenters. The van der Waals surface area contributed by atoms with Crippen LogP contribution < -0.4 is 5.73 Å². The molecule has 0 bridgehead atoms. The van der Waals surface area contributed by atoms with Crippen molar-refractivity contribution in [2.24, 2.45) is 23.5 Å². The van der Waals surface area contributed by atoms with Crippen molar-refractivity contribution in [1.29, 1.82) is 0 Å². The molecule has 0 aliphatic carbocycles. The third kappa shape index (κ3) is 12.1. The number of primary amides is 1. The zero-order valence-corrected chi connectivity index (χ0v) is 16.0. The minimum Gasteiger partial charge on any atom is -0.356 e. The second-order valence-corrected chi connectivity index (χ2v) is 6.98. The van der Waals surface area contributed by atoms with Gasteiger partial charge in [-0.25, -0.2) is 0 Å². The Kier molecular flexibility index (Phi) is 12.8. The van der Waals surface area contributed by atoms with E-state index < -0.39 is 5.37 Å². The Hall–Kier alpha value is -1.02. The van der Waals surface area contributed by atoms with Crippen LogP contribution >= 0.6 is 11.6 Å². The fourth-order valence-electron chi connectivity index (χ4n) is 2.86. The number of carbonyl (C=O) groups excluding carboxylic acids is 1. The summed E-state index contributed by atoms with van der Waals surface area (Å²) in [5.41, 5.74) is 5.75. The Morgan fingerprint density at radius 3 is 2.13 bits per heavy atom. The number of nitrogens with two attached hydrogens (primary N) is 1. The molecule has 1 aromatic rings. The molecule has 1 rings (SSSR count). The largest absolute Gasteiger partial charge is 0.356 e. The van der Waals surface area contributed by atoms with Gasteiger partial charge in [0.2, 0.25) is 0 Å². The molecule has 132 valence electrons. The van der Waals surface area contributed by atoms with Crippen molar-refractivity contribution in [1.82, 2.24) is 0 Å². The van der Waals surface area contributed by atoms with Crippen LogP contribution in [0.2, 0.25) is 0 Å². The Bertz CT molecular complexity index is 403. The van der Waals surface area contributed by atoms with E-state index in [2.05, 4.69) is 75.4 Å². The maximum absolute atomic E-state index is 8.99. The molecule has 1 amide bonds. The Morgan fingerprint density at radius 2 is 1.65 bits per heavy atom. The summed E-state index contributed by atoms with van der Waals surface area (Å²) >= 11 is 4.41. The molecule has 0 spiro atoms. The van der Waals surface area contributed by atoms with E-state index in [9.17, 15) is 0 Å². The molecular formula is C20H34ClNO. The van der Waals surface area contributed by atoms with Gasteiger partial charge in [-0.1, -0.05) is 90.1 Å². The molecule has 0 radical (unpaired) electrons. The van der Waals surface area contributed by atoms with Crippen molar-refractivity contribution in [3.8, 4) is 0 Å². The molecule has 0 saturated carbocycles. The third-order valence-electron chi connectivity index (χ3n) is 4.62. The summed E-state index contributed by atoms with van der Waals surface area (Å²) < 4.78 is 0.